The molecule has 0 spiro atoms. The monoisotopic (exact) mass is 354 g/mol. The standard InChI is InChI=1S/C14H15BrN2O2S/c1-2-10-4-3-5-12(8-10)17-20(18,19)14-9-11(16)6-7-13(14)15/h3-9,17H,2,16H2,1H3. The highest BCUT2D eigenvalue weighted by atomic mass is 79.9. The fraction of sp³-hybridized carbons (Fsp3) is 0.143. The topological polar surface area (TPSA) is 72.2 Å². The summed E-state index contributed by atoms with van der Waals surface area (Å²) in [7, 11) is -3.67. The van der Waals surface area contributed by atoms with Gasteiger partial charge in [-0.15, -0.1) is 0 Å². The number of anilines is 2. The van der Waals surface area contributed by atoms with E-state index in [4.69, 9.17) is 5.73 Å². The van der Waals surface area contributed by atoms with Crippen molar-refractivity contribution in [3.05, 3.63) is 52.5 Å². The summed E-state index contributed by atoms with van der Waals surface area (Å²) in [5.41, 5.74) is 7.66. The van der Waals surface area contributed by atoms with Gasteiger partial charge in [-0.2, -0.15) is 0 Å². The van der Waals surface area contributed by atoms with Crippen molar-refractivity contribution in [2.24, 2.45) is 0 Å². The van der Waals surface area contributed by atoms with E-state index in [9.17, 15) is 8.42 Å². The highest BCUT2D eigenvalue weighted by molar-refractivity contribution is 9.10. The van der Waals surface area contributed by atoms with Crippen LogP contribution in [0.4, 0.5) is 11.4 Å². The molecule has 6 heteroatoms. The summed E-state index contributed by atoms with van der Waals surface area (Å²) in [6, 6.07) is 12.0. The van der Waals surface area contributed by atoms with E-state index in [0.29, 0.717) is 15.8 Å². The summed E-state index contributed by atoms with van der Waals surface area (Å²) in [6.45, 7) is 2.02. The van der Waals surface area contributed by atoms with Crippen LogP contribution in [0.3, 0.4) is 0 Å². The van der Waals surface area contributed by atoms with Gasteiger partial charge in [0.05, 0.1) is 0 Å². The molecule has 0 atom stereocenters. The Balaban J connectivity index is 2.38. The van der Waals surface area contributed by atoms with E-state index in [-0.39, 0.29) is 4.90 Å². The van der Waals surface area contributed by atoms with Gasteiger partial charge >= 0.3 is 0 Å². The third-order valence-corrected chi connectivity index (χ3v) is 5.21. The van der Waals surface area contributed by atoms with Crippen molar-refractivity contribution in [3.8, 4) is 0 Å². The third kappa shape index (κ3) is 3.32. The summed E-state index contributed by atoms with van der Waals surface area (Å²) in [5, 5.41) is 0. The predicted octanol–water partition coefficient (Wildman–Crippen LogP) is 3.39. The molecule has 0 aliphatic carbocycles. The molecular weight excluding hydrogens is 340 g/mol. The first kappa shape index (κ1) is 14.9. The van der Waals surface area contributed by atoms with E-state index in [1.807, 2.05) is 25.1 Å². The molecule has 0 aromatic heterocycles. The van der Waals surface area contributed by atoms with Crippen LogP contribution < -0.4 is 10.5 Å². The first-order valence-corrected chi connectivity index (χ1v) is 8.37. The lowest BCUT2D eigenvalue weighted by atomic mass is 10.1. The molecular formula is C14H15BrN2O2S. The number of benzene rings is 2. The smallest absolute Gasteiger partial charge is 0.263 e. The second-order valence-corrected chi connectivity index (χ2v) is 6.85. The fourth-order valence-electron chi connectivity index (χ4n) is 1.79. The van der Waals surface area contributed by atoms with E-state index in [1.54, 1.807) is 18.2 Å². The van der Waals surface area contributed by atoms with Crippen molar-refractivity contribution in [2.75, 3.05) is 10.5 Å². The molecule has 0 saturated carbocycles. The maximum Gasteiger partial charge on any atom is 0.263 e. The van der Waals surface area contributed by atoms with Gasteiger partial charge in [0, 0.05) is 15.8 Å². The Hall–Kier alpha value is -1.53. The number of nitrogens with one attached hydrogen (secondary N) is 1. The van der Waals surface area contributed by atoms with E-state index in [0.717, 1.165) is 12.0 Å². The quantitative estimate of drug-likeness (QED) is 0.826. The van der Waals surface area contributed by atoms with Crippen molar-refractivity contribution >= 4 is 37.3 Å². The van der Waals surface area contributed by atoms with Crippen molar-refractivity contribution in [3.63, 3.8) is 0 Å². The number of halogens is 1. The zero-order valence-electron chi connectivity index (χ0n) is 10.9. The third-order valence-electron chi connectivity index (χ3n) is 2.83. The Bertz CT molecular complexity index is 730. The predicted molar refractivity (Wildman–Crippen MR) is 85.2 cm³/mol. The summed E-state index contributed by atoms with van der Waals surface area (Å²) < 4.78 is 27.8. The van der Waals surface area contributed by atoms with Crippen LogP contribution in [0.25, 0.3) is 0 Å². The molecule has 4 nitrogen and oxygen atoms in total. The van der Waals surface area contributed by atoms with Gasteiger partial charge in [0.1, 0.15) is 4.90 Å². The molecule has 0 radical (unpaired) electrons. The zero-order chi connectivity index (χ0) is 14.8. The maximum absolute atomic E-state index is 12.4. The van der Waals surface area contributed by atoms with E-state index < -0.39 is 10.0 Å². The van der Waals surface area contributed by atoms with E-state index >= 15 is 0 Å². The normalized spacial score (nSPS) is 11.3. The van der Waals surface area contributed by atoms with Gasteiger partial charge in [0.2, 0.25) is 0 Å². The minimum atomic E-state index is -3.67. The molecule has 0 amide bonds. The molecule has 2 rings (SSSR count). The molecule has 0 aliphatic rings. The second-order valence-electron chi connectivity index (χ2n) is 4.35. The molecule has 106 valence electrons. The number of aryl methyl sites for hydroxylation is 1. The van der Waals surface area contributed by atoms with Crippen LogP contribution in [0.2, 0.25) is 0 Å². The largest absolute Gasteiger partial charge is 0.399 e. The highest BCUT2D eigenvalue weighted by Crippen LogP contribution is 2.26. The summed E-state index contributed by atoms with van der Waals surface area (Å²) in [4.78, 5) is 0.124. The lowest BCUT2D eigenvalue weighted by molar-refractivity contribution is 0.601. The van der Waals surface area contributed by atoms with Crippen LogP contribution in [0, 0.1) is 0 Å². The van der Waals surface area contributed by atoms with Gasteiger partial charge in [-0.3, -0.25) is 4.72 Å². The number of hydrogen-bond acceptors (Lipinski definition) is 3. The number of sulfonamides is 1. The SMILES string of the molecule is CCc1cccc(NS(=O)(=O)c2cc(N)ccc2Br)c1. The Morgan fingerprint density at radius 1 is 1.20 bits per heavy atom. The van der Waals surface area contributed by atoms with Gasteiger partial charge in [-0.25, -0.2) is 8.42 Å². The molecule has 2 aromatic rings. The minimum Gasteiger partial charge on any atom is -0.399 e. The van der Waals surface area contributed by atoms with Crippen LogP contribution in [0.15, 0.2) is 51.8 Å². The van der Waals surface area contributed by atoms with Crippen LogP contribution in [-0.2, 0) is 16.4 Å². The second kappa shape index (κ2) is 5.85. The average Bonchev–Trinajstić information content (AvgIpc) is 2.41. The van der Waals surface area contributed by atoms with Gasteiger partial charge < -0.3 is 5.73 Å². The number of nitrogens with two attached hydrogens (primary N) is 1. The van der Waals surface area contributed by atoms with Crippen molar-refractivity contribution in [2.45, 2.75) is 18.2 Å². The Labute approximate surface area is 127 Å². The van der Waals surface area contributed by atoms with Crippen molar-refractivity contribution in [1.29, 1.82) is 0 Å². The Kier molecular flexibility index (Phi) is 4.35. The molecule has 0 saturated heterocycles. The van der Waals surface area contributed by atoms with E-state index in [1.165, 1.54) is 6.07 Å². The van der Waals surface area contributed by atoms with Crippen LogP contribution in [0.1, 0.15) is 12.5 Å². The van der Waals surface area contributed by atoms with Crippen molar-refractivity contribution in [1.82, 2.24) is 0 Å². The molecule has 0 aliphatic heterocycles. The van der Waals surface area contributed by atoms with Gasteiger partial charge in [-0.05, 0) is 58.2 Å². The minimum absolute atomic E-state index is 0.124. The van der Waals surface area contributed by atoms with Gasteiger partial charge in [-0.1, -0.05) is 19.1 Å². The van der Waals surface area contributed by atoms with Crippen LogP contribution >= 0.6 is 15.9 Å². The van der Waals surface area contributed by atoms with Crippen LogP contribution in [0.5, 0.6) is 0 Å². The van der Waals surface area contributed by atoms with Gasteiger partial charge in [0.25, 0.3) is 10.0 Å². The number of nitrogen functional groups attached to an aromatic ring is 1. The highest BCUT2D eigenvalue weighted by Gasteiger charge is 2.18. The molecule has 2 aromatic carbocycles. The molecule has 20 heavy (non-hydrogen) atoms. The Morgan fingerprint density at radius 2 is 1.95 bits per heavy atom. The molecule has 0 fully saturated rings. The van der Waals surface area contributed by atoms with Crippen LogP contribution in [-0.4, -0.2) is 8.42 Å². The molecule has 0 unspecified atom stereocenters. The first-order chi connectivity index (χ1) is 9.42. The van der Waals surface area contributed by atoms with Gasteiger partial charge in [0.15, 0.2) is 0 Å². The lowest BCUT2D eigenvalue weighted by Gasteiger charge is -2.11. The Morgan fingerprint density at radius 3 is 2.65 bits per heavy atom. The molecule has 0 heterocycles. The zero-order valence-corrected chi connectivity index (χ0v) is 13.3. The summed E-state index contributed by atoms with van der Waals surface area (Å²) in [6.07, 6.45) is 0.845. The fourth-order valence-corrected chi connectivity index (χ4v) is 3.84. The molecule has 0 bridgehead atoms. The van der Waals surface area contributed by atoms with Crippen molar-refractivity contribution < 1.29 is 8.42 Å². The van der Waals surface area contributed by atoms with E-state index in [2.05, 4.69) is 20.7 Å². The number of rotatable bonds is 4. The first-order valence-electron chi connectivity index (χ1n) is 6.09. The molecule has 3 N–H and O–H groups in total. The lowest BCUT2D eigenvalue weighted by Crippen LogP contribution is -2.14. The number of hydrogen-bond donors (Lipinski definition) is 2. The summed E-state index contributed by atoms with van der Waals surface area (Å²) >= 11 is 3.23. The average molecular weight is 355 g/mol. The maximum atomic E-state index is 12.4. The summed E-state index contributed by atoms with van der Waals surface area (Å²) in [5.74, 6) is 0.